The Balaban J connectivity index is 2.52. The van der Waals surface area contributed by atoms with E-state index in [9.17, 15) is 9.18 Å². The van der Waals surface area contributed by atoms with Gasteiger partial charge in [-0.15, -0.1) is 0 Å². The highest BCUT2D eigenvalue weighted by molar-refractivity contribution is 6.26. The standard InChI is InChI=1S/C20H18FNO2/c1-13(17-8-9-18(11-22)19(21)10-17)20(14(2)23)16-6-4-15(5-7-16)12-24-3/h4-10H,12H2,1-3H3. The number of nitrogens with zero attached hydrogens (tertiary/aromatic N) is 1. The van der Waals surface area contributed by atoms with Crippen molar-refractivity contribution < 1.29 is 13.9 Å². The Morgan fingerprint density at radius 2 is 1.75 bits per heavy atom. The van der Waals surface area contributed by atoms with E-state index in [2.05, 4.69) is 0 Å². The molecule has 2 aromatic rings. The van der Waals surface area contributed by atoms with Crippen molar-refractivity contribution in [1.29, 1.82) is 5.26 Å². The zero-order valence-corrected chi connectivity index (χ0v) is 13.9. The number of ketones is 1. The first kappa shape index (κ1) is 17.6. The lowest BCUT2D eigenvalue weighted by Gasteiger charge is -2.12. The fourth-order valence-corrected chi connectivity index (χ4v) is 2.60. The number of hydrogen-bond donors (Lipinski definition) is 0. The largest absolute Gasteiger partial charge is 0.380 e. The van der Waals surface area contributed by atoms with Gasteiger partial charge < -0.3 is 4.74 Å². The van der Waals surface area contributed by atoms with Crippen LogP contribution in [0.2, 0.25) is 0 Å². The lowest BCUT2D eigenvalue weighted by Crippen LogP contribution is -2.01. The zero-order chi connectivity index (χ0) is 17.7. The molecule has 0 fully saturated rings. The summed E-state index contributed by atoms with van der Waals surface area (Å²) in [5, 5.41) is 8.83. The number of allylic oxidation sites excluding steroid dienone is 2. The van der Waals surface area contributed by atoms with Gasteiger partial charge in [0, 0.05) is 12.7 Å². The van der Waals surface area contributed by atoms with Crippen molar-refractivity contribution in [2.45, 2.75) is 20.5 Å². The van der Waals surface area contributed by atoms with Crippen LogP contribution in [-0.4, -0.2) is 12.9 Å². The zero-order valence-electron chi connectivity index (χ0n) is 13.9. The SMILES string of the molecule is COCc1ccc(C(C(C)=O)=C(C)c2ccc(C#N)c(F)c2)cc1. The summed E-state index contributed by atoms with van der Waals surface area (Å²) in [5.74, 6) is -0.690. The molecule has 2 rings (SSSR count). The van der Waals surface area contributed by atoms with Crippen LogP contribution in [0.3, 0.4) is 0 Å². The van der Waals surface area contributed by atoms with Crippen molar-refractivity contribution in [1.82, 2.24) is 0 Å². The van der Waals surface area contributed by atoms with Crippen LogP contribution in [0, 0.1) is 17.1 Å². The Morgan fingerprint density at radius 3 is 2.25 bits per heavy atom. The van der Waals surface area contributed by atoms with Crippen molar-refractivity contribution in [2.75, 3.05) is 7.11 Å². The summed E-state index contributed by atoms with van der Waals surface area (Å²) in [6, 6.07) is 13.7. The van der Waals surface area contributed by atoms with E-state index in [1.54, 1.807) is 26.2 Å². The number of benzene rings is 2. The van der Waals surface area contributed by atoms with E-state index in [-0.39, 0.29) is 11.3 Å². The Kier molecular flexibility index (Phi) is 5.62. The van der Waals surface area contributed by atoms with E-state index < -0.39 is 5.82 Å². The molecule has 122 valence electrons. The van der Waals surface area contributed by atoms with Crippen LogP contribution in [0.5, 0.6) is 0 Å². The van der Waals surface area contributed by atoms with Crippen LogP contribution in [0.4, 0.5) is 4.39 Å². The summed E-state index contributed by atoms with van der Waals surface area (Å²) in [6.07, 6.45) is 0. The van der Waals surface area contributed by atoms with E-state index in [4.69, 9.17) is 10.00 Å². The Morgan fingerprint density at radius 1 is 1.12 bits per heavy atom. The van der Waals surface area contributed by atoms with Crippen LogP contribution in [0.1, 0.15) is 36.1 Å². The van der Waals surface area contributed by atoms with Gasteiger partial charge in [0.25, 0.3) is 0 Å². The summed E-state index contributed by atoms with van der Waals surface area (Å²) < 4.78 is 19.0. The summed E-state index contributed by atoms with van der Waals surface area (Å²) in [4.78, 5) is 12.1. The molecule has 24 heavy (non-hydrogen) atoms. The molecule has 0 N–H and O–H groups in total. The number of hydrogen-bond acceptors (Lipinski definition) is 3. The molecular formula is C20H18FNO2. The average molecular weight is 323 g/mol. The average Bonchev–Trinajstić information content (AvgIpc) is 2.56. The highest BCUT2D eigenvalue weighted by Crippen LogP contribution is 2.28. The van der Waals surface area contributed by atoms with Crippen molar-refractivity contribution in [3.05, 3.63) is 70.5 Å². The molecule has 0 aliphatic carbocycles. The molecule has 4 heteroatoms. The van der Waals surface area contributed by atoms with Gasteiger partial charge in [0.1, 0.15) is 11.9 Å². The number of carbonyl (C=O) groups is 1. The molecular weight excluding hydrogens is 305 g/mol. The third-order valence-corrected chi connectivity index (χ3v) is 3.80. The lowest BCUT2D eigenvalue weighted by atomic mass is 9.92. The van der Waals surface area contributed by atoms with E-state index in [1.165, 1.54) is 19.1 Å². The Hall–Kier alpha value is -2.77. The molecule has 0 radical (unpaired) electrons. The minimum absolute atomic E-state index is 0.0140. The van der Waals surface area contributed by atoms with E-state index in [0.717, 1.165) is 11.1 Å². The first-order valence-electron chi connectivity index (χ1n) is 7.48. The van der Waals surface area contributed by atoms with Crippen LogP contribution < -0.4 is 0 Å². The molecule has 0 unspecified atom stereocenters. The van der Waals surface area contributed by atoms with E-state index in [0.29, 0.717) is 23.3 Å². The lowest BCUT2D eigenvalue weighted by molar-refractivity contribution is -0.111. The highest BCUT2D eigenvalue weighted by atomic mass is 19.1. The third-order valence-electron chi connectivity index (χ3n) is 3.80. The number of rotatable bonds is 5. The molecule has 0 saturated heterocycles. The Bertz CT molecular complexity index is 830. The minimum Gasteiger partial charge on any atom is -0.380 e. The van der Waals surface area contributed by atoms with Gasteiger partial charge >= 0.3 is 0 Å². The number of carbonyl (C=O) groups excluding carboxylic acids is 1. The van der Waals surface area contributed by atoms with Crippen LogP contribution in [0.15, 0.2) is 42.5 Å². The smallest absolute Gasteiger partial charge is 0.160 e. The summed E-state index contributed by atoms with van der Waals surface area (Å²) in [7, 11) is 1.62. The molecule has 0 amide bonds. The summed E-state index contributed by atoms with van der Waals surface area (Å²) in [5.41, 5.74) is 3.54. The van der Waals surface area contributed by atoms with Crippen molar-refractivity contribution in [3.8, 4) is 6.07 Å². The predicted octanol–water partition coefficient (Wildman–Crippen LogP) is 4.36. The predicted molar refractivity (Wildman–Crippen MR) is 91.4 cm³/mol. The maximum Gasteiger partial charge on any atom is 0.160 e. The summed E-state index contributed by atoms with van der Waals surface area (Å²) >= 11 is 0. The molecule has 3 nitrogen and oxygen atoms in total. The minimum atomic E-state index is -0.590. The number of halogens is 1. The monoisotopic (exact) mass is 323 g/mol. The van der Waals surface area contributed by atoms with Gasteiger partial charge in [0.15, 0.2) is 5.78 Å². The first-order valence-corrected chi connectivity index (χ1v) is 7.48. The van der Waals surface area contributed by atoms with Gasteiger partial charge in [0.2, 0.25) is 0 Å². The third kappa shape index (κ3) is 3.76. The van der Waals surface area contributed by atoms with E-state index >= 15 is 0 Å². The van der Waals surface area contributed by atoms with Gasteiger partial charge in [-0.2, -0.15) is 5.26 Å². The van der Waals surface area contributed by atoms with Gasteiger partial charge in [0.05, 0.1) is 12.2 Å². The molecule has 0 spiro atoms. The number of methoxy groups -OCH3 is 1. The normalized spacial score (nSPS) is 11.6. The van der Waals surface area contributed by atoms with Crippen LogP contribution in [-0.2, 0) is 16.1 Å². The van der Waals surface area contributed by atoms with Crippen molar-refractivity contribution in [2.24, 2.45) is 0 Å². The number of Topliss-reactive ketones (excluding diaryl/α,β-unsaturated/α-hetero) is 1. The molecule has 0 atom stereocenters. The molecule has 0 heterocycles. The summed E-state index contributed by atoms with van der Waals surface area (Å²) in [6.45, 7) is 3.77. The van der Waals surface area contributed by atoms with Crippen LogP contribution in [0.25, 0.3) is 11.1 Å². The van der Waals surface area contributed by atoms with Crippen LogP contribution >= 0.6 is 0 Å². The quantitative estimate of drug-likeness (QED) is 0.606. The Labute approximate surface area is 141 Å². The van der Waals surface area contributed by atoms with Crippen molar-refractivity contribution >= 4 is 16.9 Å². The van der Waals surface area contributed by atoms with E-state index in [1.807, 2.05) is 24.3 Å². The fourth-order valence-electron chi connectivity index (χ4n) is 2.60. The number of nitriles is 1. The second-order valence-electron chi connectivity index (χ2n) is 5.49. The molecule has 0 aromatic heterocycles. The topological polar surface area (TPSA) is 50.1 Å². The highest BCUT2D eigenvalue weighted by Gasteiger charge is 2.14. The molecule has 0 bridgehead atoms. The second kappa shape index (κ2) is 7.67. The molecule has 0 aliphatic heterocycles. The first-order chi connectivity index (χ1) is 11.5. The van der Waals surface area contributed by atoms with Crippen molar-refractivity contribution in [3.63, 3.8) is 0 Å². The molecule has 0 saturated carbocycles. The second-order valence-corrected chi connectivity index (χ2v) is 5.49. The molecule has 0 aliphatic rings. The van der Waals surface area contributed by atoms with Gasteiger partial charge in [-0.3, -0.25) is 4.79 Å². The number of ether oxygens (including phenoxy) is 1. The fraction of sp³-hybridized carbons (Fsp3) is 0.200. The maximum absolute atomic E-state index is 13.9. The van der Waals surface area contributed by atoms with Gasteiger partial charge in [-0.1, -0.05) is 30.3 Å². The molecule has 2 aromatic carbocycles. The van der Waals surface area contributed by atoms with Gasteiger partial charge in [-0.05, 0) is 48.2 Å². The maximum atomic E-state index is 13.9. The van der Waals surface area contributed by atoms with Gasteiger partial charge in [-0.25, -0.2) is 4.39 Å².